The van der Waals surface area contributed by atoms with Crippen molar-refractivity contribution in [2.24, 2.45) is 11.8 Å². The van der Waals surface area contributed by atoms with Crippen LogP contribution in [0.1, 0.15) is 59.8 Å². The minimum absolute atomic E-state index is 0.0228. The highest BCUT2D eigenvalue weighted by molar-refractivity contribution is 5.82. The molecule has 0 unspecified atom stereocenters. The number of nitrogens with one attached hydrogen (secondary N) is 1. The maximum Gasteiger partial charge on any atom is 0.408 e. The molecule has 0 aromatic heterocycles. The van der Waals surface area contributed by atoms with Crippen LogP contribution in [0.15, 0.2) is 0 Å². The number of piperidine rings is 1. The second kappa shape index (κ2) is 6.88. The summed E-state index contributed by atoms with van der Waals surface area (Å²) in [6.45, 7) is 8.60. The van der Waals surface area contributed by atoms with Crippen LogP contribution in [0.5, 0.6) is 0 Å². The van der Waals surface area contributed by atoms with Crippen molar-refractivity contribution in [3.8, 4) is 0 Å². The first-order valence-electron chi connectivity index (χ1n) is 8.54. The summed E-state index contributed by atoms with van der Waals surface area (Å²) in [5.74, 6) is 1.36. The van der Waals surface area contributed by atoms with Gasteiger partial charge < -0.3 is 15.0 Å². The van der Waals surface area contributed by atoms with Crippen molar-refractivity contribution in [3.63, 3.8) is 0 Å². The fourth-order valence-corrected chi connectivity index (χ4v) is 3.79. The normalized spacial score (nSPS) is 28.7. The number of amides is 2. The quantitative estimate of drug-likeness (QED) is 0.853. The molecular formula is C17H30N2O3. The van der Waals surface area contributed by atoms with Crippen molar-refractivity contribution in [3.05, 3.63) is 0 Å². The van der Waals surface area contributed by atoms with Crippen molar-refractivity contribution < 1.29 is 14.3 Å². The Morgan fingerprint density at radius 3 is 2.55 bits per heavy atom. The average molecular weight is 310 g/mol. The van der Waals surface area contributed by atoms with E-state index in [1.165, 1.54) is 19.3 Å². The number of alkyl carbamates (subject to hydrolysis) is 1. The summed E-state index contributed by atoms with van der Waals surface area (Å²) in [5, 5.41) is 2.59. The van der Waals surface area contributed by atoms with E-state index in [0.29, 0.717) is 17.9 Å². The van der Waals surface area contributed by atoms with Gasteiger partial charge in [0.25, 0.3) is 0 Å². The molecule has 2 aliphatic rings. The van der Waals surface area contributed by atoms with Crippen LogP contribution in [0.3, 0.4) is 0 Å². The number of carbonyl (C=O) groups is 2. The SMILES string of the molecule is C[C@@H]1CCN(C(=O)CNC(=O)OC(C)(C)C)[C@@H]2CCCC[C@H]12. The van der Waals surface area contributed by atoms with E-state index >= 15 is 0 Å². The maximum atomic E-state index is 12.5. The molecule has 5 nitrogen and oxygen atoms in total. The van der Waals surface area contributed by atoms with E-state index in [-0.39, 0.29) is 12.5 Å². The molecule has 2 amide bonds. The number of hydrogen-bond donors (Lipinski definition) is 1. The zero-order chi connectivity index (χ0) is 16.3. The molecule has 3 atom stereocenters. The van der Waals surface area contributed by atoms with Gasteiger partial charge in [-0.05, 0) is 51.9 Å². The molecule has 22 heavy (non-hydrogen) atoms. The molecule has 2 fully saturated rings. The summed E-state index contributed by atoms with van der Waals surface area (Å²) < 4.78 is 5.18. The van der Waals surface area contributed by atoms with Gasteiger partial charge in [-0.1, -0.05) is 19.8 Å². The summed E-state index contributed by atoms with van der Waals surface area (Å²) in [6.07, 6.45) is 5.37. The highest BCUT2D eigenvalue weighted by Crippen LogP contribution is 2.38. The number of hydrogen-bond acceptors (Lipinski definition) is 3. The van der Waals surface area contributed by atoms with E-state index in [2.05, 4.69) is 12.2 Å². The Bertz CT molecular complexity index is 417. The number of nitrogens with zero attached hydrogens (tertiary/aromatic N) is 1. The van der Waals surface area contributed by atoms with E-state index in [1.54, 1.807) is 0 Å². The molecule has 0 spiro atoms. The monoisotopic (exact) mass is 310 g/mol. The Balaban J connectivity index is 1.87. The van der Waals surface area contributed by atoms with Crippen LogP contribution in [0.25, 0.3) is 0 Å². The van der Waals surface area contributed by atoms with Crippen molar-refractivity contribution >= 4 is 12.0 Å². The third kappa shape index (κ3) is 4.37. The second-order valence-electron chi connectivity index (χ2n) is 7.72. The van der Waals surface area contributed by atoms with Gasteiger partial charge >= 0.3 is 6.09 Å². The lowest BCUT2D eigenvalue weighted by atomic mass is 9.72. The van der Waals surface area contributed by atoms with Crippen molar-refractivity contribution in [2.45, 2.75) is 71.4 Å². The summed E-state index contributed by atoms with van der Waals surface area (Å²) in [5.41, 5.74) is -0.540. The van der Waals surface area contributed by atoms with Gasteiger partial charge in [0.1, 0.15) is 12.1 Å². The molecule has 1 aliphatic heterocycles. The largest absolute Gasteiger partial charge is 0.444 e. The highest BCUT2D eigenvalue weighted by Gasteiger charge is 2.39. The summed E-state index contributed by atoms with van der Waals surface area (Å²) in [6, 6.07) is 0.366. The van der Waals surface area contributed by atoms with Crippen LogP contribution in [-0.2, 0) is 9.53 Å². The summed E-state index contributed by atoms with van der Waals surface area (Å²) in [7, 11) is 0. The molecule has 1 N–H and O–H groups in total. The molecule has 2 rings (SSSR count). The van der Waals surface area contributed by atoms with Gasteiger partial charge in [-0.15, -0.1) is 0 Å². The Morgan fingerprint density at radius 1 is 1.18 bits per heavy atom. The number of fused-ring (bicyclic) bond motifs is 1. The van der Waals surface area contributed by atoms with Crippen LogP contribution in [0, 0.1) is 11.8 Å². The summed E-state index contributed by atoms with van der Waals surface area (Å²) >= 11 is 0. The Kier molecular flexibility index (Phi) is 5.35. The smallest absolute Gasteiger partial charge is 0.408 e. The highest BCUT2D eigenvalue weighted by atomic mass is 16.6. The van der Waals surface area contributed by atoms with Crippen LogP contribution in [0.4, 0.5) is 4.79 Å². The van der Waals surface area contributed by atoms with E-state index in [1.807, 2.05) is 25.7 Å². The van der Waals surface area contributed by atoms with Crippen LogP contribution in [0.2, 0.25) is 0 Å². The molecule has 0 bridgehead atoms. The molecule has 5 heteroatoms. The molecule has 1 saturated heterocycles. The number of ether oxygens (including phenoxy) is 1. The van der Waals surface area contributed by atoms with Gasteiger partial charge in [-0.25, -0.2) is 4.79 Å². The first kappa shape index (κ1) is 17.1. The lowest BCUT2D eigenvalue weighted by Crippen LogP contribution is -2.54. The molecule has 0 radical (unpaired) electrons. The van der Waals surface area contributed by atoms with Gasteiger partial charge in [-0.2, -0.15) is 0 Å². The molecule has 126 valence electrons. The first-order valence-corrected chi connectivity index (χ1v) is 8.54. The van der Waals surface area contributed by atoms with Crippen LogP contribution in [-0.4, -0.2) is 41.6 Å². The second-order valence-corrected chi connectivity index (χ2v) is 7.72. The van der Waals surface area contributed by atoms with E-state index in [4.69, 9.17) is 4.74 Å². The zero-order valence-electron chi connectivity index (χ0n) is 14.4. The fraction of sp³-hybridized carbons (Fsp3) is 0.882. The average Bonchev–Trinajstić information content (AvgIpc) is 2.44. The predicted molar refractivity (Wildman–Crippen MR) is 85.5 cm³/mol. The van der Waals surface area contributed by atoms with Gasteiger partial charge in [0.2, 0.25) is 5.91 Å². The van der Waals surface area contributed by atoms with Crippen molar-refractivity contribution in [1.29, 1.82) is 0 Å². The Labute approximate surface area is 133 Å². The van der Waals surface area contributed by atoms with Crippen LogP contribution < -0.4 is 5.32 Å². The van der Waals surface area contributed by atoms with E-state index in [0.717, 1.165) is 19.4 Å². The van der Waals surface area contributed by atoms with Gasteiger partial charge in [-0.3, -0.25) is 4.79 Å². The maximum absolute atomic E-state index is 12.5. The summed E-state index contributed by atoms with van der Waals surface area (Å²) in [4.78, 5) is 26.2. The fourth-order valence-electron chi connectivity index (χ4n) is 3.79. The molecule has 0 aromatic carbocycles. The Morgan fingerprint density at radius 2 is 1.86 bits per heavy atom. The van der Waals surface area contributed by atoms with Crippen molar-refractivity contribution in [2.75, 3.05) is 13.1 Å². The lowest BCUT2D eigenvalue weighted by molar-refractivity contribution is -0.138. The topological polar surface area (TPSA) is 58.6 Å². The van der Waals surface area contributed by atoms with Gasteiger partial charge in [0, 0.05) is 12.6 Å². The predicted octanol–water partition coefficient (Wildman–Crippen LogP) is 2.94. The van der Waals surface area contributed by atoms with Crippen molar-refractivity contribution in [1.82, 2.24) is 10.2 Å². The Hall–Kier alpha value is -1.26. The molecular weight excluding hydrogens is 280 g/mol. The first-order chi connectivity index (χ1) is 10.3. The minimum atomic E-state index is -0.540. The number of carbonyl (C=O) groups excluding carboxylic acids is 2. The third-order valence-electron chi connectivity index (χ3n) is 4.84. The van der Waals surface area contributed by atoms with Gasteiger partial charge in [0.05, 0.1) is 0 Å². The molecule has 1 aliphatic carbocycles. The standard InChI is InChI=1S/C17H30N2O3/c1-12-9-10-19(14-8-6-5-7-13(12)14)15(20)11-18-16(21)22-17(2,3)4/h12-14H,5-11H2,1-4H3,(H,18,21)/t12-,13-,14-/m1/s1. The zero-order valence-corrected chi connectivity index (χ0v) is 14.4. The lowest BCUT2D eigenvalue weighted by Gasteiger charge is -2.47. The third-order valence-corrected chi connectivity index (χ3v) is 4.84. The van der Waals surface area contributed by atoms with Crippen LogP contribution >= 0.6 is 0 Å². The minimum Gasteiger partial charge on any atom is -0.444 e. The molecule has 1 saturated carbocycles. The van der Waals surface area contributed by atoms with E-state index in [9.17, 15) is 9.59 Å². The number of likely N-dealkylation sites (tertiary alicyclic amines) is 1. The van der Waals surface area contributed by atoms with E-state index < -0.39 is 11.7 Å². The molecule has 0 aromatic rings. The number of rotatable bonds is 2. The molecule has 1 heterocycles. The van der Waals surface area contributed by atoms with Gasteiger partial charge in [0.15, 0.2) is 0 Å².